The maximum atomic E-state index is 11.4. The van der Waals surface area contributed by atoms with Gasteiger partial charge in [0.2, 0.25) is 11.8 Å². The summed E-state index contributed by atoms with van der Waals surface area (Å²) >= 11 is 0. The number of likely N-dealkylation sites (tertiary alicyclic amines) is 1. The molecule has 1 fully saturated rings. The van der Waals surface area contributed by atoms with Crippen LogP contribution in [-0.2, 0) is 9.53 Å². The van der Waals surface area contributed by atoms with Crippen molar-refractivity contribution in [2.24, 2.45) is 4.99 Å². The molecule has 0 aromatic carbocycles. The average molecular weight is 208 g/mol. The second-order valence-electron chi connectivity index (χ2n) is 3.88. The fraction of sp³-hybridized carbons (Fsp3) is 0.636. The molecule has 82 valence electrons. The Hall–Kier alpha value is -1.32. The molecule has 0 radical (unpaired) electrons. The van der Waals surface area contributed by atoms with E-state index in [9.17, 15) is 4.79 Å². The molecule has 2 heterocycles. The lowest BCUT2D eigenvalue weighted by molar-refractivity contribution is -0.128. The molecule has 0 aromatic rings. The lowest BCUT2D eigenvalue weighted by Gasteiger charge is -2.24. The van der Waals surface area contributed by atoms with E-state index in [1.165, 1.54) is 0 Å². The van der Waals surface area contributed by atoms with Gasteiger partial charge in [-0.1, -0.05) is 6.08 Å². The number of methoxy groups -OCH3 is 1. The molecule has 1 atom stereocenters. The summed E-state index contributed by atoms with van der Waals surface area (Å²) in [5.74, 6) is 0.842. The van der Waals surface area contributed by atoms with Gasteiger partial charge >= 0.3 is 0 Å². The van der Waals surface area contributed by atoms with Crippen molar-refractivity contribution in [2.45, 2.75) is 25.8 Å². The summed E-state index contributed by atoms with van der Waals surface area (Å²) in [6, 6.07) is 0.184. The van der Waals surface area contributed by atoms with Crippen molar-refractivity contribution in [3.05, 3.63) is 11.6 Å². The molecule has 0 bridgehead atoms. The van der Waals surface area contributed by atoms with Crippen molar-refractivity contribution in [1.82, 2.24) is 4.90 Å². The molecule has 4 nitrogen and oxygen atoms in total. The number of ether oxygens (including phenoxy) is 1. The first-order valence-corrected chi connectivity index (χ1v) is 5.30. The molecule has 15 heavy (non-hydrogen) atoms. The van der Waals surface area contributed by atoms with Crippen LogP contribution in [0.15, 0.2) is 16.6 Å². The van der Waals surface area contributed by atoms with Crippen molar-refractivity contribution >= 4 is 11.8 Å². The van der Waals surface area contributed by atoms with E-state index in [2.05, 4.69) is 11.1 Å². The van der Waals surface area contributed by atoms with Gasteiger partial charge in [0, 0.05) is 19.0 Å². The second kappa shape index (κ2) is 4.04. The minimum Gasteiger partial charge on any atom is -0.481 e. The van der Waals surface area contributed by atoms with Gasteiger partial charge in [-0.05, 0) is 12.8 Å². The molecule has 1 saturated heterocycles. The van der Waals surface area contributed by atoms with Gasteiger partial charge in [-0.25, -0.2) is 4.99 Å². The molecule has 0 aliphatic carbocycles. The Labute approximate surface area is 89.6 Å². The first-order valence-electron chi connectivity index (χ1n) is 5.30. The van der Waals surface area contributed by atoms with Crippen LogP contribution in [-0.4, -0.2) is 42.9 Å². The molecule has 1 unspecified atom stereocenters. The van der Waals surface area contributed by atoms with Crippen LogP contribution in [0.25, 0.3) is 0 Å². The quantitative estimate of drug-likeness (QED) is 0.644. The predicted octanol–water partition coefficient (Wildman–Crippen LogP) is 0.982. The number of carbonyl (C=O) groups excluding carboxylic acids is 1. The van der Waals surface area contributed by atoms with E-state index in [0.717, 1.165) is 25.0 Å². The van der Waals surface area contributed by atoms with Crippen LogP contribution >= 0.6 is 0 Å². The molecule has 0 aromatic heterocycles. The highest BCUT2D eigenvalue weighted by Crippen LogP contribution is 2.26. The molecule has 1 amide bonds. The summed E-state index contributed by atoms with van der Waals surface area (Å²) in [7, 11) is 1.63. The molecule has 0 saturated carbocycles. The molecule has 0 N–H and O–H groups in total. The minimum atomic E-state index is 0.140. The Morgan fingerprint density at radius 3 is 3.13 bits per heavy atom. The van der Waals surface area contributed by atoms with E-state index < -0.39 is 0 Å². The monoisotopic (exact) mass is 208 g/mol. The molecular formula is C11H16N2O2. The van der Waals surface area contributed by atoms with Gasteiger partial charge in [0.25, 0.3) is 0 Å². The molecule has 0 spiro atoms. The van der Waals surface area contributed by atoms with Crippen molar-refractivity contribution in [3.63, 3.8) is 0 Å². The summed E-state index contributed by atoms with van der Waals surface area (Å²) in [5, 5.41) is 0. The predicted molar refractivity (Wildman–Crippen MR) is 57.8 cm³/mol. The zero-order valence-corrected chi connectivity index (χ0v) is 9.19. The Morgan fingerprint density at radius 1 is 1.67 bits per heavy atom. The van der Waals surface area contributed by atoms with E-state index in [1.807, 2.05) is 4.90 Å². The number of nitrogens with zero attached hydrogens (tertiary/aromatic N) is 2. The number of amides is 1. The molecule has 2 aliphatic rings. The van der Waals surface area contributed by atoms with Gasteiger partial charge in [0.1, 0.15) is 0 Å². The smallest absolute Gasteiger partial charge is 0.219 e. The summed E-state index contributed by atoms with van der Waals surface area (Å²) < 4.78 is 5.21. The van der Waals surface area contributed by atoms with Crippen LogP contribution in [0.4, 0.5) is 0 Å². The Morgan fingerprint density at radius 2 is 2.47 bits per heavy atom. The number of hydrogen-bond acceptors (Lipinski definition) is 3. The summed E-state index contributed by atoms with van der Waals surface area (Å²) in [6.45, 7) is 3.16. The highest BCUT2D eigenvalue weighted by Gasteiger charge is 2.33. The Balaban J connectivity index is 2.17. The Bertz CT molecular complexity index is 333. The number of rotatable bonds is 1. The summed E-state index contributed by atoms with van der Waals surface area (Å²) in [4.78, 5) is 17.6. The maximum Gasteiger partial charge on any atom is 0.219 e. The van der Waals surface area contributed by atoms with Gasteiger partial charge in [0.15, 0.2) is 0 Å². The normalized spacial score (nSPS) is 25.2. The highest BCUT2D eigenvalue weighted by atomic mass is 16.5. The molecule has 2 rings (SSSR count). The lowest BCUT2D eigenvalue weighted by Crippen LogP contribution is -2.36. The van der Waals surface area contributed by atoms with Crippen LogP contribution in [0.5, 0.6) is 0 Å². The average Bonchev–Trinajstić information content (AvgIpc) is 2.85. The van der Waals surface area contributed by atoms with Gasteiger partial charge in [0.05, 0.1) is 19.7 Å². The maximum absolute atomic E-state index is 11.4. The molecular weight excluding hydrogens is 192 g/mol. The first-order chi connectivity index (χ1) is 7.24. The van der Waals surface area contributed by atoms with Crippen molar-refractivity contribution in [2.75, 3.05) is 20.2 Å². The van der Waals surface area contributed by atoms with E-state index in [1.54, 1.807) is 14.0 Å². The van der Waals surface area contributed by atoms with Crippen LogP contribution in [0.1, 0.15) is 19.8 Å². The third-order valence-electron chi connectivity index (χ3n) is 3.00. The fourth-order valence-corrected chi connectivity index (χ4v) is 2.33. The SMILES string of the molecule is COC1=NCC=C1C1CCCN1C(C)=O. The van der Waals surface area contributed by atoms with Crippen LogP contribution in [0.3, 0.4) is 0 Å². The highest BCUT2D eigenvalue weighted by molar-refractivity contribution is 5.97. The van der Waals surface area contributed by atoms with Crippen molar-refractivity contribution in [3.8, 4) is 0 Å². The van der Waals surface area contributed by atoms with Crippen LogP contribution in [0.2, 0.25) is 0 Å². The second-order valence-corrected chi connectivity index (χ2v) is 3.88. The molecule has 4 heteroatoms. The summed E-state index contributed by atoms with van der Waals surface area (Å²) in [5.41, 5.74) is 1.09. The van der Waals surface area contributed by atoms with E-state index in [4.69, 9.17) is 4.74 Å². The number of aliphatic imine (C=N–C) groups is 1. The van der Waals surface area contributed by atoms with Crippen molar-refractivity contribution in [1.29, 1.82) is 0 Å². The van der Waals surface area contributed by atoms with E-state index >= 15 is 0 Å². The number of carbonyl (C=O) groups is 1. The zero-order chi connectivity index (χ0) is 10.8. The van der Waals surface area contributed by atoms with Gasteiger partial charge in [-0.3, -0.25) is 4.79 Å². The standard InChI is InChI=1S/C11H16N2O2/c1-8(14)13-7-3-4-10(13)9-5-6-12-11(9)15-2/h5,10H,3-4,6-7H2,1-2H3. The minimum absolute atomic E-state index is 0.140. The fourth-order valence-electron chi connectivity index (χ4n) is 2.33. The van der Waals surface area contributed by atoms with Gasteiger partial charge in [-0.2, -0.15) is 0 Å². The third kappa shape index (κ3) is 1.76. The first kappa shape index (κ1) is 10.2. The van der Waals surface area contributed by atoms with Crippen LogP contribution in [0, 0.1) is 0 Å². The Kier molecular flexibility index (Phi) is 2.75. The zero-order valence-electron chi connectivity index (χ0n) is 9.19. The van der Waals surface area contributed by atoms with Crippen LogP contribution < -0.4 is 0 Å². The van der Waals surface area contributed by atoms with Crippen molar-refractivity contribution < 1.29 is 9.53 Å². The third-order valence-corrected chi connectivity index (χ3v) is 3.00. The lowest BCUT2D eigenvalue weighted by atomic mass is 10.1. The number of hydrogen-bond donors (Lipinski definition) is 0. The largest absolute Gasteiger partial charge is 0.481 e. The van der Waals surface area contributed by atoms with Gasteiger partial charge < -0.3 is 9.64 Å². The van der Waals surface area contributed by atoms with E-state index in [0.29, 0.717) is 12.4 Å². The summed E-state index contributed by atoms with van der Waals surface area (Å²) in [6.07, 6.45) is 4.15. The van der Waals surface area contributed by atoms with E-state index in [-0.39, 0.29) is 11.9 Å². The topological polar surface area (TPSA) is 41.9 Å². The molecule has 2 aliphatic heterocycles. The van der Waals surface area contributed by atoms with Gasteiger partial charge in [-0.15, -0.1) is 0 Å².